The molecule has 192 valence electrons. The number of hydrogen-bond donors (Lipinski definition) is 0. The van der Waals surface area contributed by atoms with Gasteiger partial charge in [-0.2, -0.15) is 31.6 Å². The average molecular weight is 499 g/mol. The highest BCUT2D eigenvalue weighted by Crippen LogP contribution is 2.44. The van der Waals surface area contributed by atoms with Gasteiger partial charge in [0.25, 0.3) is 0 Å². The molecular weight excluding hydrogens is 466 g/mol. The van der Waals surface area contributed by atoms with E-state index in [0.29, 0.717) is 25.1 Å². The lowest BCUT2D eigenvalue weighted by Crippen LogP contribution is -2.36. The summed E-state index contributed by atoms with van der Waals surface area (Å²) < 4.78 is 80.3. The molecule has 35 heavy (non-hydrogen) atoms. The summed E-state index contributed by atoms with van der Waals surface area (Å²) in [5, 5.41) is 10.1. The third-order valence-corrected chi connectivity index (χ3v) is 6.61. The summed E-state index contributed by atoms with van der Waals surface area (Å²) in [5.41, 5.74) is -3.68. The fourth-order valence-electron chi connectivity index (χ4n) is 4.43. The van der Waals surface area contributed by atoms with E-state index in [1.165, 1.54) is 5.56 Å². The predicted octanol–water partition coefficient (Wildman–Crippen LogP) is 7.87. The number of alkyl halides is 6. The van der Waals surface area contributed by atoms with Gasteiger partial charge in [0.05, 0.1) is 22.6 Å². The van der Waals surface area contributed by atoms with E-state index in [9.17, 15) is 31.6 Å². The first-order valence-corrected chi connectivity index (χ1v) is 11.7. The summed E-state index contributed by atoms with van der Waals surface area (Å²) in [6.45, 7) is 8.93. The molecule has 0 aliphatic rings. The Morgan fingerprint density at radius 1 is 0.829 bits per heavy atom. The van der Waals surface area contributed by atoms with Gasteiger partial charge in [0, 0.05) is 12.6 Å². The fourth-order valence-corrected chi connectivity index (χ4v) is 4.43. The van der Waals surface area contributed by atoms with Gasteiger partial charge in [0.15, 0.2) is 0 Å². The van der Waals surface area contributed by atoms with Crippen molar-refractivity contribution in [2.75, 3.05) is 13.1 Å². The number of hydrogen-bond acceptors (Lipinski definition) is 2. The Morgan fingerprint density at radius 2 is 1.43 bits per heavy atom. The minimum absolute atomic E-state index is 0.0318. The number of benzene rings is 2. The first kappa shape index (κ1) is 28.7. The highest BCUT2D eigenvalue weighted by molar-refractivity contribution is 5.42. The van der Waals surface area contributed by atoms with Gasteiger partial charge in [-0.05, 0) is 68.8 Å². The van der Waals surface area contributed by atoms with Gasteiger partial charge in [-0.15, -0.1) is 0 Å². The Balaban J connectivity index is 2.28. The van der Waals surface area contributed by atoms with E-state index < -0.39 is 34.8 Å². The lowest BCUT2D eigenvalue weighted by Gasteiger charge is -2.34. The monoisotopic (exact) mass is 498 g/mol. The molecule has 0 aliphatic heterocycles. The first-order valence-electron chi connectivity index (χ1n) is 11.7. The fraction of sp³-hybridized carbons (Fsp3) is 0.519. The second-order valence-corrected chi connectivity index (χ2v) is 9.46. The van der Waals surface area contributed by atoms with Crippen LogP contribution in [0.25, 0.3) is 0 Å². The van der Waals surface area contributed by atoms with Crippen molar-refractivity contribution in [1.29, 1.82) is 5.26 Å². The highest BCUT2D eigenvalue weighted by atomic mass is 19.4. The van der Waals surface area contributed by atoms with E-state index in [0.717, 1.165) is 19.0 Å². The third kappa shape index (κ3) is 7.23. The quantitative estimate of drug-likeness (QED) is 0.312. The van der Waals surface area contributed by atoms with Crippen LogP contribution in [0.3, 0.4) is 0 Å². The van der Waals surface area contributed by atoms with Gasteiger partial charge >= 0.3 is 12.4 Å². The molecule has 0 bridgehead atoms. The molecule has 1 unspecified atom stereocenters. The zero-order valence-corrected chi connectivity index (χ0v) is 20.5. The van der Waals surface area contributed by atoms with Gasteiger partial charge < -0.3 is 4.90 Å². The van der Waals surface area contributed by atoms with Crippen molar-refractivity contribution < 1.29 is 26.3 Å². The summed E-state index contributed by atoms with van der Waals surface area (Å²) >= 11 is 0. The Morgan fingerprint density at radius 3 is 1.91 bits per heavy atom. The van der Waals surface area contributed by atoms with Gasteiger partial charge in [0.2, 0.25) is 0 Å². The maximum Gasteiger partial charge on any atom is 0.417 e. The number of nitriles is 1. The molecule has 2 rings (SSSR count). The summed E-state index contributed by atoms with van der Waals surface area (Å²) in [6, 6.07) is 14.3. The minimum Gasteiger partial charge on any atom is -0.301 e. The molecule has 0 amide bonds. The molecule has 0 N–H and O–H groups in total. The van der Waals surface area contributed by atoms with E-state index in [1.54, 1.807) is 13.8 Å². The molecule has 2 aromatic rings. The zero-order valence-electron chi connectivity index (χ0n) is 20.5. The second kappa shape index (κ2) is 11.5. The largest absolute Gasteiger partial charge is 0.417 e. The molecule has 1 atom stereocenters. The number of nitrogens with zero attached hydrogens (tertiary/aromatic N) is 2. The summed E-state index contributed by atoms with van der Waals surface area (Å²) in [5.74, 6) is -0.401. The van der Waals surface area contributed by atoms with Gasteiger partial charge in [-0.25, -0.2) is 0 Å². The molecule has 0 spiro atoms. The topological polar surface area (TPSA) is 27.0 Å². The van der Waals surface area contributed by atoms with Crippen molar-refractivity contribution in [1.82, 2.24) is 4.90 Å². The van der Waals surface area contributed by atoms with Crippen molar-refractivity contribution in [2.24, 2.45) is 5.92 Å². The van der Waals surface area contributed by atoms with Crippen LogP contribution in [0.15, 0.2) is 48.5 Å². The molecule has 8 heteroatoms. The molecule has 0 fully saturated rings. The van der Waals surface area contributed by atoms with E-state index in [2.05, 4.69) is 24.8 Å². The Bertz CT molecular complexity index is 989. The number of rotatable bonds is 10. The standard InChI is InChI=1S/C27H32F6N2/c1-19(2)25(18-34,22-11-12-23(26(28,29)30)24(17-22)27(31,32)33)14-8-15-35(20(3)4)16-13-21-9-6-5-7-10-21/h5-7,9-12,17,19-20H,8,13-16H2,1-4H3. The summed E-state index contributed by atoms with van der Waals surface area (Å²) in [6.07, 6.45) is -8.75. The van der Waals surface area contributed by atoms with Crippen molar-refractivity contribution in [2.45, 2.75) is 70.8 Å². The second-order valence-electron chi connectivity index (χ2n) is 9.46. The molecule has 0 heterocycles. The predicted molar refractivity (Wildman–Crippen MR) is 125 cm³/mol. The van der Waals surface area contributed by atoms with Crippen LogP contribution in [-0.4, -0.2) is 24.0 Å². The zero-order chi connectivity index (χ0) is 26.4. The minimum atomic E-state index is -5.19. The van der Waals surface area contributed by atoms with Crippen LogP contribution in [0.4, 0.5) is 26.3 Å². The lowest BCUT2D eigenvalue weighted by atomic mass is 9.69. The van der Waals surface area contributed by atoms with Crippen molar-refractivity contribution in [3.05, 3.63) is 70.8 Å². The van der Waals surface area contributed by atoms with Crippen molar-refractivity contribution >= 4 is 0 Å². The summed E-state index contributed by atoms with van der Waals surface area (Å²) in [4.78, 5) is 2.24. The van der Waals surface area contributed by atoms with Crippen LogP contribution in [-0.2, 0) is 24.2 Å². The van der Waals surface area contributed by atoms with Crippen LogP contribution >= 0.6 is 0 Å². The molecule has 0 radical (unpaired) electrons. The van der Waals surface area contributed by atoms with Crippen LogP contribution in [0, 0.1) is 17.2 Å². The van der Waals surface area contributed by atoms with E-state index >= 15 is 0 Å². The molecule has 0 saturated heterocycles. The summed E-state index contributed by atoms with van der Waals surface area (Å²) in [7, 11) is 0. The molecule has 0 aromatic heterocycles. The lowest BCUT2D eigenvalue weighted by molar-refractivity contribution is -0.162. The average Bonchev–Trinajstić information content (AvgIpc) is 2.77. The van der Waals surface area contributed by atoms with Crippen LogP contribution in [0.5, 0.6) is 0 Å². The first-order chi connectivity index (χ1) is 16.2. The molecule has 0 saturated carbocycles. The van der Waals surface area contributed by atoms with E-state index in [4.69, 9.17) is 0 Å². The maximum absolute atomic E-state index is 13.5. The molecular formula is C27H32F6N2. The van der Waals surface area contributed by atoms with Crippen molar-refractivity contribution in [3.8, 4) is 6.07 Å². The Labute approximate surface area is 203 Å². The van der Waals surface area contributed by atoms with Crippen LogP contribution in [0.1, 0.15) is 62.8 Å². The normalized spacial score (nSPS) is 14.4. The van der Waals surface area contributed by atoms with E-state index in [-0.39, 0.29) is 18.0 Å². The van der Waals surface area contributed by atoms with Gasteiger partial charge in [0.1, 0.15) is 0 Å². The smallest absolute Gasteiger partial charge is 0.301 e. The number of halogens is 6. The maximum atomic E-state index is 13.5. The van der Waals surface area contributed by atoms with E-state index in [1.807, 2.05) is 30.3 Å². The SMILES string of the molecule is CC(C)N(CCCC(C#N)(c1ccc(C(F)(F)F)c(C(F)(F)F)c1)C(C)C)CCc1ccccc1. The van der Waals surface area contributed by atoms with Crippen LogP contribution < -0.4 is 0 Å². The third-order valence-electron chi connectivity index (χ3n) is 6.61. The van der Waals surface area contributed by atoms with Gasteiger partial charge in [-0.1, -0.05) is 50.2 Å². The molecule has 0 aliphatic carbocycles. The molecule has 2 nitrogen and oxygen atoms in total. The van der Waals surface area contributed by atoms with Crippen molar-refractivity contribution in [3.63, 3.8) is 0 Å². The Hall–Kier alpha value is -2.53. The highest BCUT2D eigenvalue weighted by Gasteiger charge is 2.45. The Kier molecular flexibility index (Phi) is 9.41. The van der Waals surface area contributed by atoms with Crippen LogP contribution in [0.2, 0.25) is 0 Å². The van der Waals surface area contributed by atoms with Gasteiger partial charge in [-0.3, -0.25) is 0 Å². The molecule has 2 aromatic carbocycles.